The van der Waals surface area contributed by atoms with Crippen molar-refractivity contribution in [2.75, 3.05) is 32.7 Å². The van der Waals surface area contributed by atoms with E-state index in [0.29, 0.717) is 18.2 Å². The van der Waals surface area contributed by atoms with Crippen molar-refractivity contribution in [1.82, 2.24) is 9.80 Å². The van der Waals surface area contributed by atoms with Gasteiger partial charge in [0.05, 0.1) is 12.2 Å². The molecule has 0 aromatic rings. The van der Waals surface area contributed by atoms with Crippen LogP contribution in [-0.2, 0) is 4.74 Å². The molecule has 2 aliphatic carbocycles. The highest BCUT2D eigenvalue weighted by Gasteiger charge is 2.30. The molecular formula is C29H56N2O. The van der Waals surface area contributed by atoms with E-state index in [2.05, 4.69) is 44.4 Å². The van der Waals surface area contributed by atoms with Crippen LogP contribution in [0.1, 0.15) is 112 Å². The van der Waals surface area contributed by atoms with Crippen LogP contribution in [0, 0.1) is 23.7 Å². The summed E-state index contributed by atoms with van der Waals surface area (Å²) in [6.07, 6.45) is 18.2. The molecule has 32 heavy (non-hydrogen) atoms. The maximum atomic E-state index is 6.10. The van der Waals surface area contributed by atoms with Crippen molar-refractivity contribution in [3.05, 3.63) is 0 Å². The summed E-state index contributed by atoms with van der Waals surface area (Å²) in [6.45, 7) is 18.0. The fraction of sp³-hybridized carbons (Fsp3) is 1.00. The van der Waals surface area contributed by atoms with Gasteiger partial charge in [0.25, 0.3) is 0 Å². The van der Waals surface area contributed by atoms with Crippen molar-refractivity contribution in [1.29, 1.82) is 0 Å². The van der Waals surface area contributed by atoms with Gasteiger partial charge < -0.3 is 14.5 Å². The molecule has 0 aromatic heterocycles. The molecule has 4 fully saturated rings. The topological polar surface area (TPSA) is 15.7 Å². The molecule has 2 aliphatic heterocycles. The molecule has 2 saturated heterocycles. The first-order valence-electron chi connectivity index (χ1n) is 14.6. The summed E-state index contributed by atoms with van der Waals surface area (Å²) < 4.78 is 6.10. The first-order chi connectivity index (χ1) is 15.5. The first kappa shape index (κ1) is 26.5. The van der Waals surface area contributed by atoms with Crippen LogP contribution in [0.4, 0.5) is 0 Å². The molecule has 0 unspecified atom stereocenters. The quantitative estimate of drug-likeness (QED) is 0.417. The zero-order valence-electron chi connectivity index (χ0n) is 22.4. The third kappa shape index (κ3) is 8.58. The molecule has 0 amide bonds. The van der Waals surface area contributed by atoms with Crippen LogP contribution >= 0.6 is 0 Å². The Morgan fingerprint density at radius 2 is 1.28 bits per heavy atom. The van der Waals surface area contributed by atoms with Gasteiger partial charge in [0.2, 0.25) is 0 Å². The van der Waals surface area contributed by atoms with Gasteiger partial charge in [-0.15, -0.1) is 0 Å². The minimum atomic E-state index is 0.553. The van der Waals surface area contributed by atoms with E-state index in [9.17, 15) is 0 Å². The normalized spacial score (nSPS) is 33.6. The van der Waals surface area contributed by atoms with Crippen molar-refractivity contribution in [3.8, 4) is 0 Å². The van der Waals surface area contributed by atoms with Gasteiger partial charge in [-0.2, -0.15) is 0 Å². The largest absolute Gasteiger partial charge is 0.375 e. The van der Waals surface area contributed by atoms with Crippen LogP contribution < -0.4 is 0 Å². The van der Waals surface area contributed by atoms with Crippen molar-refractivity contribution in [2.45, 2.75) is 130 Å². The predicted molar refractivity (Wildman–Crippen MR) is 138 cm³/mol. The molecule has 4 aliphatic rings. The Bertz CT molecular complexity index is 457. The number of ether oxygens (including phenoxy) is 1. The van der Waals surface area contributed by atoms with Gasteiger partial charge in [-0.3, -0.25) is 0 Å². The monoisotopic (exact) mass is 448 g/mol. The van der Waals surface area contributed by atoms with E-state index in [1.54, 1.807) is 6.42 Å². The molecular weight excluding hydrogens is 392 g/mol. The van der Waals surface area contributed by atoms with E-state index < -0.39 is 0 Å². The molecule has 4 rings (SSSR count). The second kappa shape index (κ2) is 13.7. The average Bonchev–Trinajstić information content (AvgIpc) is 2.80. The Morgan fingerprint density at radius 3 is 1.78 bits per heavy atom. The van der Waals surface area contributed by atoms with E-state index in [0.717, 1.165) is 23.7 Å². The summed E-state index contributed by atoms with van der Waals surface area (Å²) in [5, 5.41) is 0. The number of hydrogen-bond acceptors (Lipinski definition) is 3. The lowest BCUT2D eigenvalue weighted by atomic mass is 9.76. The lowest BCUT2D eigenvalue weighted by Crippen LogP contribution is -2.43. The van der Waals surface area contributed by atoms with E-state index in [1.165, 1.54) is 103 Å². The van der Waals surface area contributed by atoms with Gasteiger partial charge in [-0.05, 0) is 102 Å². The molecule has 0 radical (unpaired) electrons. The molecule has 2 heterocycles. The molecule has 3 nitrogen and oxygen atoms in total. The van der Waals surface area contributed by atoms with Crippen LogP contribution in [0.3, 0.4) is 0 Å². The molecule has 2 saturated carbocycles. The maximum Gasteiger partial charge on any atom is 0.0603 e. The fourth-order valence-electron chi connectivity index (χ4n) is 6.63. The number of hydrogen-bond donors (Lipinski definition) is 0. The van der Waals surface area contributed by atoms with Crippen LogP contribution in [0.5, 0.6) is 0 Å². The minimum Gasteiger partial charge on any atom is -0.375 e. The highest BCUT2D eigenvalue weighted by Crippen LogP contribution is 2.36. The van der Waals surface area contributed by atoms with E-state index in [4.69, 9.17) is 4.74 Å². The van der Waals surface area contributed by atoms with Gasteiger partial charge in [0.15, 0.2) is 0 Å². The lowest BCUT2D eigenvalue weighted by molar-refractivity contribution is -0.0923. The van der Waals surface area contributed by atoms with Crippen LogP contribution in [0.15, 0.2) is 0 Å². The fourth-order valence-corrected chi connectivity index (χ4v) is 6.63. The molecule has 0 bridgehead atoms. The highest BCUT2D eigenvalue weighted by molar-refractivity contribution is 4.81. The Morgan fingerprint density at radius 1 is 0.719 bits per heavy atom. The Kier molecular flexibility index (Phi) is 11.3. The van der Waals surface area contributed by atoms with Crippen LogP contribution in [-0.4, -0.2) is 60.8 Å². The average molecular weight is 449 g/mol. The van der Waals surface area contributed by atoms with E-state index >= 15 is 0 Å². The molecule has 0 aromatic carbocycles. The van der Waals surface area contributed by atoms with E-state index in [1.807, 2.05) is 0 Å². The van der Waals surface area contributed by atoms with Crippen molar-refractivity contribution < 1.29 is 4.74 Å². The maximum absolute atomic E-state index is 6.10. The van der Waals surface area contributed by atoms with Crippen LogP contribution in [0.25, 0.3) is 0 Å². The van der Waals surface area contributed by atoms with Gasteiger partial charge in [-0.25, -0.2) is 0 Å². The van der Waals surface area contributed by atoms with Crippen molar-refractivity contribution >= 4 is 0 Å². The number of rotatable bonds is 7. The van der Waals surface area contributed by atoms with Gasteiger partial charge in [0, 0.05) is 19.1 Å². The standard InChI is InChI=1S/C16H31N.C13H25NO/c1-3-14-5-7-15(8-6-14)13-16-9-11-17(4-2)12-10-16;1-10(2)14-6-4-12(5-7-14)15-13-8-11(3)9-13/h14-16H,3-13H2,1-2H3;10-13H,4-9H2,1-3H3. The molecule has 0 N–H and O–H groups in total. The van der Waals surface area contributed by atoms with Crippen molar-refractivity contribution in [2.24, 2.45) is 23.7 Å². The zero-order valence-corrected chi connectivity index (χ0v) is 22.4. The van der Waals surface area contributed by atoms with Gasteiger partial charge in [0.1, 0.15) is 0 Å². The summed E-state index contributed by atoms with van der Waals surface area (Å²) in [4.78, 5) is 5.17. The number of nitrogens with zero attached hydrogens (tertiary/aromatic N) is 2. The summed E-state index contributed by atoms with van der Waals surface area (Å²) in [5.74, 6) is 4.11. The second-order valence-electron chi connectivity index (χ2n) is 12.1. The highest BCUT2D eigenvalue weighted by atomic mass is 16.5. The first-order valence-corrected chi connectivity index (χ1v) is 14.6. The summed E-state index contributed by atoms with van der Waals surface area (Å²) in [7, 11) is 0. The zero-order chi connectivity index (χ0) is 22.9. The molecule has 0 atom stereocenters. The number of piperidine rings is 2. The SMILES string of the molecule is CC1CC(OC2CCN(C(C)C)CC2)C1.CCC1CCC(CC2CCN(CC)CC2)CC1. The Hall–Kier alpha value is -0.120. The van der Waals surface area contributed by atoms with Gasteiger partial charge >= 0.3 is 0 Å². The lowest BCUT2D eigenvalue weighted by Gasteiger charge is -2.39. The van der Waals surface area contributed by atoms with Crippen molar-refractivity contribution in [3.63, 3.8) is 0 Å². The van der Waals surface area contributed by atoms with E-state index in [-0.39, 0.29) is 0 Å². The van der Waals surface area contributed by atoms with Crippen LogP contribution in [0.2, 0.25) is 0 Å². The molecule has 188 valence electrons. The predicted octanol–water partition coefficient (Wildman–Crippen LogP) is 7.00. The second-order valence-corrected chi connectivity index (χ2v) is 12.1. The third-order valence-electron chi connectivity index (χ3n) is 9.29. The third-order valence-corrected chi connectivity index (χ3v) is 9.29. The number of likely N-dealkylation sites (tertiary alicyclic amines) is 2. The van der Waals surface area contributed by atoms with Gasteiger partial charge in [-0.1, -0.05) is 52.9 Å². The minimum absolute atomic E-state index is 0.553. The summed E-state index contributed by atoms with van der Waals surface area (Å²) in [6, 6.07) is 0.703. The smallest absolute Gasteiger partial charge is 0.0603 e. The summed E-state index contributed by atoms with van der Waals surface area (Å²) in [5.41, 5.74) is 0. The Balaban J connectivity index is 0.000000182. The molecule has 3 heteroatoms. The summed E-state index contributed by atoms with van der Waals surface area (Å²) >= 11 is 0. The molecule has 0 spiro atoms. The Labute approximate surface area is 201 Å².